The zero-order valence-corrected chi connectivity index (χ0v) is 13.7. The Hall–Kier alpha value is -2.71. The predicted molar refractivity (Wildman–Crippen MR) is 85.3 cm³/mol. The average molecular weight is 369 g/mol. The van der Waals surface area contributed by atoms with Crippen LogP contribution in [0.3, 0.4) is 0 Å². The topological polar surface area (TPSA) is 64.0 Å². The van der Waals surface area contributed by atoms with Gasteiger partial charge in [0.2, 0.25) is 5.91 Å². The minimum atomic E-state index is -4.88. The van der Waals surface area contributed by atoms with Crippen molar-refractivity contribution >= 4 is 11.6 Å². The van der Waals surface area contributed by atoms with Crippen molar-refractivity contribution in [3.63, 3.8) is 0 Å². The molecule has 1 aromatic carbocycles. The van der Waals surface area contributed by atoms with Crippen molar-refractivity contribution in [2.45, 2.75) is 38.4 Å². The standard InChI is InChI=1S/C17H15F4N3O2/c1-9(24-14(25)8-10-4-2-6-12(10)23-24)16(26)22-13-7-3-5-11(15(13)18)17(19,20)21/h3,5,7-9H,2,4,6H2,1H3,(H,22,26). The van der Waals surface area contributed by atoms with Crippen LogP contribution in [-0.4, -0.2) is 15.7 Å². The van der Waals surface area contributed by atoms with Crippen molar-refractivity contribution in [2.75, 3.05) is 5.32 Å². The molecule has 1 unspecified atom stereocenters. The first-order valence-corrected chi connectivity index (χ1v) is 7.96. The van der Waals surface area contributed by atoms with Gasteiger partial charge in [-0.15, -0.1) is 0 Å². The third-order valence-corrected chi connectivity index (χ3v) is 4.29. The van der Waals surface area contributed by atoms with E-state index in [4.69, 9.17) is 0 Å². The van der Waals surface area contributed by atoms with E-state index in [1.54, 1.807) is 0 Å². The van der Waals surface area contributed by atoms with Crippen molar-refractivity contribution in [2.24, 2.45) is 0 Å². The largest absolute Gasteiger partial charge is 0.419 e. The summed E-state index contributed by atoms with van der Waals surface area (Å²) in [5.41, 5.74) is -1.02. The van der Waals surface area contributed by atoms with Crippen LogP contribution < -0.4 is 10.9 Å². The molecular formula is C17H15F4N3O2. The van der Waals surface area contributed by atoms with Crippen LogP contribution in [0.25, 0.3) is 0 Å². The molecule has 2 aromatic rings. The van der Waals surface area contributed by atoms with Crippen LogP contribution in [0.5, 0.6) is 0 Å². The van der Waals surface area contributed by atoms with E-state index in [1.807, 2.05) is 0 Å². The Kier molecular flexibility index (Phi) is 4.55. The highest BCUT2D eigenvalue weighted by molar-refractivity contribution is 5.93. The van der Waals surface area contributed by atoms with E-state index in [9.17, 15) is 27.2 Å². The predicted octanol–water partition coefficient (Wildman–Crippen LogP) is 3.09. The number of aromatic nitrogens is 2. The molecule has 1 aromatic heterocycles. The summed E-state index contributed by atoms with van der Waals surface area (Å²) in [7, 11) is 0. The number of amides is 1. The van der Waals surface area contributed by atoms with Gasteiger partial charge >= 0.3 is 6.18 Å². The number of halogens is 4. The fraction of sp³-hybridized carbons (Fsp3) is 0.353. The van der Waals surface area contributed by atoms with Crippen LogP contribution in [0.15, 0.2) is 29.1 Å². The van der Waals surface area contributed by atoms with Crippen molar-refractivity contribution < 1.29 is 22.4 Å². The number of rotatable bonds is 3. The fourth-order valence-corrected chi connectivity index (χ4v) is 2.89. The summed E-state index contributed by atoms with van der Waals surface area (Å²) < 4.78 is 53.3. The monoisotopic (exact) mass is 369 g/mol. The molecule has 26 heavy (non-hydrogen) atoms. The Morgan fingerprint density at radius 2 is 2.04 bits per heavy atom. The summed E-state index contributed by atoms with van der Waals surface area (Å²) in [5, 5.41) is 6.27. The molecule has 1 aliphatic carbocycles. The highest BCUT2D eigenvalue weighted by atomic mass is 19.4. The number of hydrogen-bond acceptors (Lipinski definition) is 3. The van der Waals surface area contributed by atoms with E-state index in [0.29, 0.717) is 12.5 Å². The Bertz CT molecular complexity index is 921. The third-order valence-electron chi connectivity index (χ3n) is 4.29. The molecule has 0 radical (unpaired) electrons. The number of alkyl halides is 3. The van der Waals surface area contributed by atoms with Crippen molar-refractivity contribution in [1.29, 1.82) is 0 Å². The fourth-order valence-electron chi connectivity index (χ4n) is 2.89. The quantitative estimate of drug-likeness (QED) is 0.846. The third kappa shape index (κ3) is 3.33. The molecule has 1 aliphatic rings. The van der Waals surface area contributed by atoms with Gasteiger partial charge in [-0.2, -0.15) is 18.3 Å². The molecule has 0 aliphatic heterocycles. The highest BCUT2D eigenvalue weighted by Gasteiger charge is 2.35. The summed E-state index contributed by atoms with van der Waals surface area (Å²) in [5.74, 6) is -2.41. The minimum absolute atomic E-state index is 0.488. The highest BCUT2D eigenvalue weighted by Crippen LogP contribution is 2.34. The first-order chi connectivity index (χ1) is 12.2. The first-order valence-electron chi connectivity index (χ1n) is 7.96. The summed E-state index contributed by atoms with van der Waals surface area (Å²) >= 11 is 0. The molecule has 0 fully saturated rings. The maximum absolute atomic E-state index is 14.0. The lowest BCUT2D eigenvalue weighted by atomic mass is 10.1. The van der Waals surface area contributed by atoms with Crippen molar-refractivity contribution in [1.82, 2.24) is 9.78 Å². The van der Waals surface area contributed by atoms with Gasteiger partial charge in [0.1, 0.15) is 6.04 Å². The first kappa shape index (κ1) is 18.1. The van der Waals surface area contributed by atoms with E-state index in [0.717, 1.165) is 40.9 Å². The molecule has 0 spiro atoms. The lowest BCUT2D eigenvalue weighted by molar-refractivity contribution is -0.140. The van der Waals surface area contributed by atoms with Crippen molar-refractivity contribution in [3.05, 3.63) is 57.3 Å². The number of nitrogens with one attached hydrogen (secondary N) is 1. The summed E-state index contributed by atoms with van der Waals surface area (Å²) in [6.07, 6.45) is -2.59. The SMILES string of the molecule is CC(C(=O)Nc1cccc(C(F)(F)F)c1F)n1nc2c(cc1=O)CCC2. The Morgan fingerprint density at radius 3 is 2.73 bits per heavy atom. The van der Waals surface area contributed by atoms with Crippen LogP contribution in [0.1, 0.15) is 36.2 Å². The second-order valence-corrected chi connectivity index (χ2v) is 6.08. The molecule has 5 nitrogen and oxygen atoms in total. The molecule has 3 rings (SSSR count). The molecular weight excluding hydrogens is 354 g/mol. The average Bonchev–Trinajstić information content (AvgIpc) is 3.01. The van der Waals surface area contributed by atoms with E-state index in [-0.39, 0.29) is 0 Å². The Balaban J connectivity index is 1.86. The minimum Gasteiger partial charge on any atom is -0.322 e. The molecule has 0 saturated carbocycles. The second-order valence-electron chi connectivity index (χ2n) is 6.08. The van der Waals surface area contributed by atoms with E-state index in [2.05, 4.69) is 10.4 Å². The van der Waals surface area contributed by atoms with Gasteiger partial charge in [0, 0.05) is 6.07 Å². The Morgan fingerprint density at radius 1 is 1.31 bits per heavy atom. The number of hydrogen-bond donors (Lipinski definition) is 1. The maximum atomic E-state index is 14.0. The molecule has 1 N–H and O–H groups in total. The smallest absolute Gasteiger partial charge is 0.322 e. The zero-order valence-electron chi connectivity index (χ0n) is 13.7. The van der Waals surface area contributed by atoms with Crippen LogP contribution in [0.2, 0.25) is 0 Å². The molecule has 138 valence electrons. The molecule has 0 saturated heterocycles. The van der Waals surface area contributed by atoms with Crippen molar-refractivity contribution in [3.8, 4) is 0 Å². The number of carbonyl (C=O) groups excluding carboxylic acids is 1. The van der Waals surface area contributed by atoms with E-state index in [1.165, 1.54) is 13.0 Å². The van der Waals surface area contributed by atoms with Gasteiger partial charge in [-0.3, -0.25) is 9.59 Å². The second kappa shape index (κ2) is 6.54. The number of carbonyl (C=O) groups is 1. The normalized spacial score (nSPS) is 14.8. The lowest BCUT2D eigenvalue weighted by Gasteiger charge is -2.16. The number of nitrogens with zero attached hydrogens (tertiary/aromatic N) is 2. The van der Waals surface area contributed by atoms with E-state index < -0.39 is 40.8 Å². The number of benzene rings is 1. The van der Waals surface area contributed by atoms with Gasteiger partial charge < -0.3 is 5.32 Å². The van der Waals surface area contributed by atoms with Crippen LogP contribution in [-0.2, 0) is 23.8 Å². The summed E-state index contributed by atoms with van der Waals surface area (Å²) in [6, 6.07) is 2.90. The van der Waals surface area contributed by atoms with Gasteiger partial charge in [-0.1, -0.05) is 6.07 Å². The molecule has 1 amide bonds. The molecule has 0 bridgehead atoms. The zero-order chi connectivity index (χ0) is 19.1. The van der Waals surface area contributed by atoms with Crippen LogP contribution in [0.4, 0.5) is 23.2 Å². The lowest BCUT2D eigenvalue weighted by Crippen LogP contribution is -2.34. The van der Waals surface area contributed by atoms with Gasteiger partial charge in [0.15, 0.2) is 5.82 Å². The van der Waals surface area contributed by atoms with Gasteiger partial charge in [0.25, 0.3) is 5.56 Å². The number of fused-ring (bicyclic) bond motifs is 1. The molecule has 1 heterocycles. The maximum Gasteiger partial charge on any atom is 0.419 e. The summed E-state index contributed by atoms with van der Waals surface area (Å²) in [6.45, 7) is 1.37. The number of aryl methyl sites for hydroxylation is 2. The van der Waals surface area contributed by atoms with E-state index >= 15 is 0 Å². The van der Waals surface area contributed by atoms with Crippen LogP contribution >= 0.6 is 0 Å². The van der Waals surface area contributed by atoms with Gasteiger partial charge in [0.05, 0.1) is 16.9 Å². The van der Waals surface area contributed by atoms with Gasteiger partial charge in [-0.25, -0.2) is 9.07 Å². The molecule has 1 atom stereocenters. The Labute approximate surface area is 145 Å². The van der Waals surface area contributed by atoms with Gasteiger partial charge in [-0.05, 0) is 43.9 Å². The number of anilines is 1. The summed E-state index contributed by atoms with van der Waals surface area (Å²) in [4.78, 5) is 24.4. The van der Waals surface area contributed by atoms with Crippen LogP contribution in [0, 0.1) is 5.82 Å². The molecule has 9 heteroatoms.